The quantitative estimate of drug-likeness (QED) is 0.405. The lowest BCUT2D eigenvalue weighted by Crippen LogP contribution is -2.23. The maximum Gasteiger partial charge on any atom is 0.311 e. The summed E-state index contributed by atoms with van der Waals surface area (Å²) < 4.78 is 0. The van der Waals surface area contributed by atoms with Crippen LogP contribution in [0.5, 0.6) is 0 Å². The summed E-state index contributed by atoms with van der Waals surface area (Å²) in [5, 5.41) is 14.1. The zero-order chi connectivity index (χ0) is 14.5. The largest absolute Gasteiger partial charge is 0.364 e. The molecule has 4 N–H and O–H groups in total. The van der Waals surface area contributed by atoms with E-state index in [1.54, 1.807) is 0 Å². The maximum absolute atomic E-state index is 11.0. The summed E-state index contributed by atoms with van der Waals surface area (Å²) >= 11 is 0. The Labute approximate surface area is 117 Å². The van der Waals surface area contributed by atoms with Gasteiger partial charge in [-0.3, -0.25) is 10.1 Å². The van der Waals surface area contributed by atoms with E-state index >= 15 is 0 Å². The fraction of sp³-hybridized carbons (Fsp3) is 0.583. The van der Waals surface area contributed by atoms with E-state index in [1.807, 2.05) is 0 Å². The first kappa shape index (κ1) is 14.5. The lowest BCUT2D eigenvalue weighted by Gasteiger charge is -2.14. The van der Waals surface area contributed by atoms with Crippen molar-refractivity contribution < 1.29 is 4.92 Å². The normalized spacial score (nSPS) is 19.0. The third kappa shape index (κ3) is 3.34. The smallest absolute Gasteiger partial charge is 0.311 e. The minimum atomic E-state index is -0.442. The van der Waals surface area contributed by atoms with Crippen LogP contribution >= 0.6 is 0 Å². The number of nitrogens with zero attached hydrogens (tertiary/aromatic N) is 3. The number of rotatable bonds is 6. The number of hydrogen-bond donors (Lipinski definition) is 3. The van der Waals surface area contributed by atoms with Gasteiger partial charge in [0.1, 0.15) is 5.82 Å². The minimum absolute atomic E-state index is 0.0330. The molecule has 0 aromatic carbocycles. The molecule has 2 rings (SSSR count). The van der Waals surface area contributed by atoms with E-state index in [1.165, 1.54) is 12.1 Å². The highest BCUT2D eigenvalue weighted by Crippen LogP contribution is 2.25. The van der Waals surface area contributed by atoms with Crippen LogP contribution in [-0.4, -0.2) is 41.0 Å². The Hall–Kier alpha value is -1.93. The molecule has 1 aliphatic rings. The van der Waals surface area contributed by atoms with Gasteiger partial charge in [-0.1, -0.05) is 6.92 Å². The number of nitrogens with two attached hydrogens (primary N) is 1. The Morgan fingerprint density at radius 2 is 2.40 bits per heavy atom. The summed E-state index contributed by atoms with van der Waals surface area (Å²) in [7, 11) is 0. The van der Waals surface area contributed by atoms with Crippen molar-refractivity contribution in [3.8, 4) is 0 Å². The van der Waals surface area contributed by atoms with Crippen LogP contribution in [-0.2, 0) is 0 Å². The molecule has 0 bridgehead atoms. The number of nitro groups is 1. The van der Waals surface area contributed by atoms with E-state index in [0.29, 0.717) is 18.3 Å². The van der Waals surface area contributed by atoms with E-state index in [4.69, 9.17) is 5.84 Å². The number of hydrogen-bond acceptors (Lipinski definition) is 7. The number of aromatic nitrogens is 1. The Balaban J connectivity index is 2.02. The first-order valence-electron chi connectivity index (χ1n) is 6.72. The van der Waals surface area contributed by atoms with Crippen molar-refractivity contribution in [3.05, 3.63) is 22.2 Å². The summed E-state index contributed by atoms with van der Waals surface area (Å²) in [6.45, 7) is 5.97. The van der Waals surface area contributed by atoms with E-state index < -0.39 is 4.92 Å². The summed E-state index contributed by atoms with van der Waals surface area (Å²) in [6.07, 6.45) is 1.10. The molecular weight excluding hydrogens is 260 g/mol. The van der Waals surface area contributed by atoms with Crippen LogP contribution in [0.3, 0.4) is 0 Å². The van der Waals surface area contributed by atoms with Gasteiger partial charge in [-0.2, -0.15) is 0 Å². The number of pyridine rings is 1. The predicted molar refractivity (Wildman–Crippen MR) is 77.4 cm³/mol. The minimum Gasteiger partial charge on any atom is -0.364 e. The number of nitrogen functional groups attached to an aromatic ring is 1. The van der Waals surface area contributed by atoms with Gasteiger partial charge in [-0.25, -0.2) is 10.8 Å². The van der Waals surface area contributed by atoms with Crippen LogP contribution in [0.15, 0.2) is 12.1 Å². The van der Waals surface area contributed by atoms with Crippen molar-refractivity contribution in [1.29, 1.82) is 0 Å². The second-order valence-electron chi connectivity index (χ2n) is 4.89. The molecule has 1 aliphatic heterocycles. The highest BCUT2D eigenvalue weighted by molar-refractivity contribution is 5.59. The zero-order valence-electron chi connectivity index (χ0n) is 11.5. The number of anilines is 2. The Morgan fingerprint density at radius 3 is 3.00 bits per heavy atom. The Bertz CT molecular complexity index is 481. The number of likely N-dealkylation sites (tertiary alicyclic amines) is 1. The highest BCUT2D eigenvalue weighted by Gasteiger charge is 2.22. The maximum atomic E-state index is 11.0. The van der Waals surface area contributed by atoms with E-state index in [0.717, 1.165) is 26.1 Å². The fourth-order valence-electron chi connectivity index (χ4n) is 2.42. The van der Waals surface area contributed by atoms with Crippen LogP contribution in [0.4, 0.5) is 17.3 Å². The second-order valence-corrected chi connectivity index (χ2v) is 4.89. The molecule has 1 unspecified atom stereocenters. The average Bonchev–Trinajstić information content (AvgIpc) is 2.92. The fourth-order valence-corrected chi connectivity index (χ4v) is 2.42. The topological polar surface area (TPSA) is 109 Å². The van der Waals surface area contributed by atoms with Crippen molar-refractivity contribution in [2.24, 2.45) is 11.8 Å². The third-order valence-electron chi connectivity index (χ3n) is 3.59. The molecule has 0 amide bonds. The summed E-state index contributed by atoms with van der Waals surface area (Å²) in [5.41, 5.74) is 2.36. The molecule has 2 heterocycles. The third-order valence-corrected chi connectivity index (χ3v) is 3.59. The zero-order valence-corrected chi connectivity index (χ0v) is 11.5. The van der Waals surface area contributed by atoms with Crippen LogP contribution in [0, 0.1) is 16.0 Å². The molecule has 8 nitrogen and oxygen atoms in total. The van der Waals surface area contributed by atoms with Gasteiger partial charge in [0.25, 0.3) is 0 Å². The highest BCUT2D eigenvalue weighted by atomic mass is 16.6. The lowest BCUT2D eigenvalue weighted by atomic mass is 10.1. The first-order chi connectivity index (χ1) is 9.63. The van der Waals surface area contributed by atoms with E-state index in [2.05, 4.69) is 27.6 Å². The van der Waals surface area contributed by atoms with Gasteiger partial charge >= 0.3 is 5.69 Å². The van der Waals surface area contributed by atoms with Crippen molar-refractivity contribution in [2.45, 2.75) is 13.3 Å². The molecule has 0 spiro atoms. The molecule has 1 saturated heterocycles. The molecule has 1 fully saturated rings. The Kier molecular flexibility index (Phi) is 4.70. The molecule has 0 radical (unpaired) electrons. The van der Waals surface area contributed by atoms with Gasteiger partial charge in [-0.05, 0) is 31.5 Å². The summed E-state index contributed by atoms with van der Waals surface area (Å²) in [6, 6.07) is 2.88. The van der Waals surface area contributed by atoms with Crippen LogP contribution in [0.2, 0.25) is 0 Å². The molecule has 1 aromatic rings. The van der Waals surface area contributed by atoms with Crippen molar-refractivity contribution in [1.82, 2.24) is 9.88 Å². The number of nitrogens with one attached hydrogen (secondary N) is 2. The molecule has 0 aliphatic carbocycles. The van der Waals surface area contributed by atoms with Gasteiger partial charge in [0.15, 0.2) is 0 Å². The Morgan fingerprint density at radius 1 is 1.60 bits per heavy atom. The van der Waals surface area contributed by atoms with Gasteiger partial charge in [0.2, 0.25) is 5.82 Å². The lowest BCUT2D eigenvalue weighted by molar-refractivity contribution is -0.384. The van der Waals surface area contributed by atoms with Crippen LogP contribution in [0.25, 0.3) is 0 Å². The first-order valence-corrected chi connectivity index (χ1v) is 6.72. The number of hydrazine groups is 1. The molecule has 20 heavy (non-hydrogen) atoms. The molecule has 110 valence electrons. The van der Waals surface area contributed by atoms with E-state index in [9.17, 15) is 10.1 Å². The second kappa shape index (κ2) is 6.49. The standard InChI is InChI=1S/C12H20N6O2/c1-2-17-6-5-9(8-17)7-14-12-10(18(19)20)3-4-11(15-12)16-13/h3-4,9H,2,5-8,13H2,1H3,(H2,14,15,16). The van der Waals surface area contributed by atoms with Gasteiger partial charge < -0.3 is 15.6 Å². The average molecular weight is 280 g/mol. The summed E-state index contributed by atoms with van der Waals surface area (Å²) in [5.74, 6) is 6.44. The van der Waals surface area contributed by atoms with Crippen molar-refractivity contribution in [2.75, 3.05) is 36.9 Å². The van der Waals surface area contributed by atoms with Crippen LogP contribution in [0.1, 0.15) is 13.3 Å². The van der Waals surface area contributed by atoms with Crippen molar-refractivity contribution in [3.63, 3.8) is 0 Å². The molecule has 1 atom stereocenters. The summed E-state index contributed by atoms with van der Waals surface area (Å²) in [4.78, 5) is 17.0. The predicted octanol–water partition coefficient (Wildman–Crippen LogP) is 1.03. The van der Waals surface area contributed by atoms with Crippen LogP contribution < -0.4 is 16.6 Å². The molecule has 1 aromatic heterocycles. The molecule has 0 saturated carbocycles. The SMILES string of the molecule is CCN1CCC(CNc2nc(NN)ccc2[N+](=O)[O-])C1. The van der Waals surface area contributed by atoms with Gasteiger partial charge in [0.05, 0.1) is 4.92 Å². The van der Waals surface area contributed by atoms with Gasteiger partial charge in [-0.15, -0.1) is 0 Å². The van der Waals surface area contributed by atoms with Gasteiger partial charge in [0, 0.05) is 19.2 Å². The monoisotopic (exact) mass is 280 g/mol. The molecule has 8 heteroatoms. The molecular formula is C12H20N6O2. The van der Waals surface area contributed by atoms with Crippen molar-refractivity contribution >= 4 is 17.3 Å². The van der Waals surface area contributed by atoms with E-state index in [-0.39, 0.29) is 11.5 Å².